The molecule has 1 heterocycles. The predicted molar refractivity (Wildman–Crippen MR) is 73.9 cm³/mol. The van der Waals surface area contributed by atoms with E-state index in [0.29, 0.717) is 18.1 Å². The lowest BCUT2D eigenvalue weighted by Crippen LogP contribution is -2.36. The number of amides is 2. The maximum atomic E-state index is 11.9. The van der Waals surface area contributed by atoms with Gasteiger partial charge >= 0.3 is 6.03 Å². The number of benzene rings is 1. The third-order valence-electron chi connectivity index (χ3n) is 2.65. The first-order chi connectivity index (χ1) is 9.15. The second kappa shape index (κ2) is 6.29. The zero-order valence-electron chi connectivity index (χ0n) is 10.6. The highest BCUT2D eigenvalue weighted by Crippen LogP contribution is 2.12. The van der Waals surface area contributed by atoms with Crippen LogP contribution in [0.15, 0.2) is 47.1 Å². The van der Waals surface area contributed by atoms with Crippen LogP contribution in [0, 0.1) is 0 Å². The minimum Gasteiger partial charge on any atom is -0.467 e. The van der Waals surface area contributed by atoms with E-state index in [0.717, 1.165) is 11.3 Å². The standard InChI is InChI=1S/C14H15ClN2O2/c1-17(10-11-4-2-5-12(15)8-11)14(18)16-9-13-6-3-7-19-13/h2-8H,9-10H2,1H3,(H,16,18). The van der Waals surface area contributed by atoms with Crippen molar-refractivity contribution in [3.63, 3.8) is 0 Å². The summed E-state index contributed by atoms with van der Waals surface area (Å²) in [6, 6.07) is 10.9. The Morgan fingerprint density at radius 1 is 1.37 bits per heavy atom. The fraction of sp³-hybridized carbons (Fsp3) is 0.214. The number of hydrogen-bond donors (Lipinski definition) is 1. The van der Waals surface area contributed by atoms with Crippen LogP contribution in [0.25, 0.3) is 0 Å². The third-order valence-corrected chi connectivity index (χ3v) is 2.88. The predicted octanol–water partition coefficient (Wildman–Crippen LogP) is 3.27. The van der Waals surface area contributed by atoms with Crippen LogP contribution in [-0.4, -0.2) is 18.0 Å². The van der Waals surface area contributed by atoms with Crippen LogP contribution in [0.3, 0.4) is 0 Å². The number of nitrogens with zero attached hydrogens (tertiary/aromatic N) is 1. The summed E-state index contributed by atoms with van der Waals surface area (Å²) in [6.45, 7) is 0.885. The number of halogens is 1. The largest absolute Gasteiger partial charge is 0.467 e. The highest BCUT2D eigenvalue weighted by Gasteiger charge is 2.09. The van der Waals surface area contributed by atoms with Gasteiger partial charge in [-0.25, -0.2) is 4.79 Å². The number of nitrogens with one attached hydrogen (secondary N) is 1. The van der Waals surface area contributed by atoms with Gasteiger partial charge in [0.15, 0.2) is 0 Å². The molecular formula is C14H15ClN2O2. The van der Waals surface area contributed by atoms with Crippen molar-refractivity contribution < 1.29 is 9.21 Å². The second-order valence-electron chi connectivity index (χ2n) is 4.22. The average Bonchev–Trinajstić information content (AvgIpc) is 2.89. The molecule has 1 aromatic heterocycles. The van der Waals surface area contributed by atoms with E-state index in [1.807, 2.05) is 30.3 Å². The molecule has 2 rings (SSSR count). The van der Waals surface area contributed by atoms with Crippen LogP contribution in [0.5, 0.6) is 0 Å². The van der Waals surface area contributed by atoms with E-state index in [9.17, 15) is 4.79 Å². The van der Waals surface area contributed by atoms with Crippen LogP contribution >= 0.6 is 11.6 Å². The number of carbonyl (C=O) groups is 1. The molecule has 2 aromatic rings. The lowest BCUT2D eigenvalue weighted by Gasteiger charge is -2.17. The van der Waals surface area contributed by atoms with Gasteiger partial charge in [-0.15, -0.1) is 0 Å². The highest BCUT2D eigenvalue weighted by molar-refractivity contribution is 6.30. The van der Waals surface area contributed by atoms with Gasteiger partial charge in [-0.2, -0.15) is 0 Å². The van der Waals surface area contributed by atoms with Crippen molar-refractivity contribution in [1.29, 1.82) is 0 Å². The van der Waals surface area contributed by atoms with Crippen molar-refractivity contribution in [3.05, 3.63) is 59.0 Å². The molecule has 4 nitrogen and oxygen atoms in total. The molecule has 0 saturated carbocycles. The van der Waals surface area contributed by atoms with Crippen molar-refractivity contribution in [2.45, 2.75) is 13.1 Å². The average molecular weight is 279 g/mol. The molecule has 0 radical (unpaired) electrons. The first-order valence-corrected chi connectivity index (χ1v) is 6.29. The summed E-state index contributed by atoms with van der Waals surface area (Å²) in [5.74, 6) is 0.726. The van der Waals surface area contributed by atoms with E-state index in [1.54, 1.807) is 24.3 Å². The Morgan fingerprint density at radius 2 is 2.21 bits per heavy atom. The molecule has 0 atom stereocenters. The molecule has 0 aliphatic carbocycles. The van der Waals surface area contributed by atoms with Crippen molar-refractivity contribution >= 4 is 17.6 Å². The lowest BCUT2D eigenvalue weighted by atomic mass is 10.2. The number of hydrogen-bond acceptors (Lipinski definition) is 2. The molecule has 0 fully saturated rings. The number of rotatable bonds is 4. The molecule has 1 N–H and O–H groups in total. The van der Waals surface area contributed by atoms with Crippen LogP contribution < -0.4 is 5.32 Å². The topological polar surface area (TPSA) is 45.5 Å². The van der Waals surface area contributed by atoms with Crippen LogP contribution in [0.1, 0.15) is 11.3 Å². The third kappa shape index (κ3) is 4.03. The van der Waals surface area contributed by atoms with Crippen molar-refractivity contribution in [1.82, 2.24) is 10.2 Å². The van der Waals surface area contributed by atoms with Gasteiger partial charge in [0.25, 0.3) is 0 Å². The van der Waals surface area contributed by atoms with E-state index < -0.39 is 0 Å². The summed E-state index contributed by atoms with van der Waals surface area (Å²) in [5.41, 5.74) is 0.989. The fourth-order valence-corrected chi connectivity index (χ4v) is 1.90. The van der Waals surface area contributed by atoms with E-state index >= 15 is 0 Å². The Labute approximate surface area is 117 Å². The zero-order valence-corrected chi connectivity index (χ0v) is 11.4. The van der Waals surface area contributed by atoms with Gasteiger partial charge in [0, 0.05) is 18.6 Å². The maximum absolute atomic E-state index is 11.9. The number of urea groups is 1. The second-order valence-corrected chi connectivity index (χ2v) is 4.66. The smallest absolute Gasteiger partial charge is 0.317 e. The van der Waals surface area contributed by atoms with Crippen molar-refractivity contribution in [2.24, 2.45) is 0 Å². The quantitative estimate of drug-likeness (QED) is 0.933. The van der Waals surface area contributed by atoms with Crippen LogP contribution in [-0.2, 0) is 13.1 Å². The minimum absolute atomic E-state index is 0.156. The summed E-state index contributed by atoms with van der Waals surface area (Å²) in [5, 5.41) is 3.45. The SMILES string of the molecule is CN(Cc1cccc(Cl)c1)C(=O)NCc1ccco1. The molecule has 0 bridgehead atoms. The minimum atomic E-state index is -0.156. The Balaban J connectivity index is 1.85. The van der Waals surface area contributed by atoms with Crippen LogP contribution in [0.2, 0.25) is 5.02 Å². The van der Waals surface area contributed by atoms with Gasteiger partial charge in [0.2, 0.25) is 0 Å². The van der Waals surface area contributed by atoms with Gasteiger partial charge in [-0.1, -0.05) is 23.7 Å². The summed E-state index contributed by atoms with van der Waals surface area (Å²) in [7, 11) is 1.73. The van der Waals surface area contributed by atoms with Gasteiger partial charge in [0.1, 0.15) is 5.76 Å². The summed E-state index contributed by atoms with van der Waals surface area (Å²) in [6.07, 6.45) is 1.58. The summed E-state index contributed by atoms with van der Waals surface area (Å²) >= 11 is 5.91. The lowest BCUT2D eigenvalue weighted by molar-refractivity contribution is 0.205. The molecule has 0 saturated heterocycles. The number of carbonyl (C=O) groups excluding carboxylic acids is 1. The summed E-state index contributed by atoms with van der Waals surface area (Å²) < 4.78 is 5.15. The van der Waals surface area contributed by atoms with Gasteiger partial charge in [0.05, 0.1) is 12.8 Å². The normalized spacial score (nSPS) is 10.2. The molecule has 5 heteroatoms. The van der Waals surface area contributed by atoms with Gasteiger partial charge < -0.3 is 14.6 Å². The molecule has 0 aliphatic rings. The first kappa shape index (κ1) is 13.5. The fourth-order valence-electron chi connectivity index (χ4n) is 1.69. The van der Waals surface area contributed by atoms with Gasteiger partial charge in [-0.05, 0) is 29.8 Å². The van der Waals surface area contributed by atoms with E-state index in [-0.39, 0.29) is 6.03 Å². The van der Waals surface area contributed by atoms with Crippen molar-refractivity contribution in [2.75, 3.05) is 7.05 Å². The maximum Gasteiger partial charge on any atom is 0.317 e. The number of furan rings is 1. The van der Waals surface area contributed by atoms with Crippen LogP contribution in [0.4, 0.5) is 4.79 Å². The molecule has 100 valence electrons. The highest BCUT2D eigenvalue weighted by atomic mass is 35.5. The summed E-state index contributed by atoms with van der Waals surface area (Å²) in [4.78, 5) is 13.5. The molecule has 0 unspecified atom stereocenters. The molecule has 1 aromatic carbocycles. The Morgan fingerprint density at radius 3 is 2.89 bits per heavy atom. The zero-order chi connectivity index (χ0) is 13.7. The molecule has 0 aliphatic heterocycles. The Bertz CT molecular complexity index is 540. The first-order valence-electron chi connectivity index (χ1n) is 5.91. The monoisotopic (exact) mass is 278 g/mol. The van der Waals surface area contributed by atoms with Crippen molar-refractivity contribution in [3.8, 4) is 0 Å². The molecule has 19 heavy (non-hydrogen) atoms. The molecule has 0 spiro atoms. The molecule has 2 amide bonds. The Hall–Kier alpha value is -1.94. The van der Waals surface area contributed by atoms with E-state index in [4.69, 9.17) is 16.0 Å². The molecular weight excluding hydrogens is 264 g/mol. The Kier molecular flexibility index (Phi) is 4.47. The van der Waals surface area contributed by atoms with E-state index in [1.165, 1.54) is 0 Å². The van der Waals surface area contributed by atoms with E-state index in [2.05, 4.69) is 5.32 Å². The van der Waals surface area contributed by atoms with Gasteiger partial charge in [-0.3, -0.25) is 0 Å².